The second-order valence-electron chi connectivity index (χ2n) is 9.11. The first-order chi connectivity index (χ1) is 19.0. The van der Waals surface area contributed by atoms with Gasteiger partial charge in [-0.05, 0) is 50.6 Å². The Kier molecular flexibility index (Phi) is 8.11. The van der Waals surface area contributed by atoms with Crippen molar-refractivity contribution in [2.45, 2.75) is 26.7 Å². The molecule has 0 bridgehead atoms. The SMILES string of the molecule is CCOC(=O)c1c(C2C(=O)N(C)C(=O)N(C)C2=O)c(-c2ccc(C)cc2)n(-c2ccc(Cl)cc2)c1C(=O)OCC. The fraction of sp³-hybridized carbons (Fsp3) is 0.276. The highest BCUT2D eigenvalue weighted by atomic mass is 35.5. The molecule has 1 aromatic heterocycles. The van der Waals surface area contributed by atoms with Gasteiger partial charge in [-0.25, -0.2) is 14.4 Å². The number of aromatic nitrogens is 1. The number of barbiturate groups is 1. The number of ether oxygens (including phenoxy) is 2. The predicted molar refractivity (Wildman–Crippen MR) is 147 cm³/mol. The van der Waals surface area contributed by atoms with E-state index in [0.717, 1.165) is 15.4 Å². The van der Waals surface area contributed by atoms with Crippen LogP contribution in [0.5, 0.6) is 0 Å². The van der Waals surface area contributed by atoms with Crippen molar-refractivity contribution in [3.05, 3.63) is 75.9 Å². The molecule has 0 N–H and O–H groups in total. The smallest absolute Gasteiger partial charge is 0.356 e. The van der Waals surface area contributed by atoms with E-state index in [1.54, 1.807) is 50.2 Å². The van der Waals surface area contributed by atoms with Gasteiger partial charge in [0.2, 0.25) is 11.8 Å². The van der Waals surface area contributed by atoms with Crippen LogP contribution in [0.4, 0.5) is 4.79 Å². The summed E-state index contributed by atoms with van der Waals surface area (Å²) in [6.07, 6.45) is 0. The van der Waals surface area contributed by atoms with Gasteiger partial charge in [-0.3, -0.25) is 19.4 Å². The van der Waals surface area contributed by atoms with Gasteiger partial charge in [0.25, 0.3) is 0 Å². The van der Waals surface area contributed by atoms with Crippen molar-refractivity contribution in [3.8, 4) is 16.9 Å². The quantitative estimate of drug-likeness (QED) is 0.304. The molecule has 4 amide bonds. The number of aryl methyl sites for hydroxylation is 1. The van der Waals surface area contributed by atoms with E-state index in [2.05, 4.69) is 0 Å². The molecule has 10 nitrogen and oxygen atoms in total. The summed E-state index contributed by atoms with van der Waals surface area (Å²) in [5.41, 5.74) is 1.47. The van der Waals surface area contributed by atoms with Gasteiger partial charge in [-0.1, -0.05) is 41.4 Å². The second kappa shape index (κ2) is 11.4. The Morgan fingerprint density at radius 2 is 1.35 bits per heavy atom. The predicted octanol–water partition coefficient (Wildman–Crippen LogP) is 4.59. The molecule has 2 aromatic carbocycles. The first kappa shape index (κ1) is 28.6. The molecular weight excluding hydrogens is 538 g/mol. The Labute approximate surface area is 236 Å². The topological polar surface area (TPSA) is 115 Å². The summed E-state index contributed by atoms with van der Waals surface area (Å²) in [4.78, 5) is 68.7. The number of benzene rings is 2. The minimum Gasteiger partial charge on any atom is -0.462 e. The number of hydrogen-bond acceptors (Lipinski definition) is 7. The van der Waals surface area contributed by atoms with Crippen LogP contribution >= 0.6 is 11.6 Å². The molecule has 208 valence electrons. The van der Waals surface area contributed by atoms with Crippen LogP contribution in [0, 0.1) is 6.92 Å². The van der Waals surface area contributed by atoms with Crippen molar-refractivity contribution in [2.24, 2.45) is 0 Å². The molecule has 1 fully saturated rings. The van der Waals surface area contributed by atoms with Crippen LogP contribution in [0.2, 0.25) is 5.02 Å². The Hall–Kier alpha value is -4.44. The van der Waals surface area contributed by atoms with Crippen LogP contribution in [-0.2, 0) is 19.1 Å². The minimum absolute atomic E-state index is 0.0106. The Bertz CT molecular complexity index is 1490. The molecule has 3 aromatic rings. The molecule has 11 heteroatoms. The number of carbonyl (C=O) groups excluding carboxylic acids is 5. The number of likely N-dealkylation sites (N-methyl/N-ethyl adjacent to an activating group) is 2. The largest absolute Gasteiger partial charge is 0.462 e. The number of imide groups is 2. The Morgan fingerprint density at radius 3 is 1.88 bits per heavy atom. The number of esters is 2. The molecule has 0 spiro atoms. The zero-order valence-electron chi connectivity index (χ0n) is 22.7. The van der Waals surface area contributed by atoms with Crippen LogP contribution in [0.3, 0.4) is 0 Å². The molecule has 1 aliphatic rings. The van der Waals surface area contributed by atoms with E-state index in [1.807, 2.05) is 19.1 Å². The van der Waals surface area contributed by atoms with Crippen molar-refractivity contribution in [3.63, 3.8) is 0 Å². The van der Waals surface area contributed by atoms with Crippen molar-refractivity contribution in [1.29, 1.82) is 0 Å². The third kappa shape index (κ3) is 4.86. The average Bonchev–Trinajstić information content (AvgIpc) is 3.28. The number of halogens is 1. The lowest BCUT2D eigenvalue weighted by Gasteiger charge is -2.33. The van der Waals surface area contributed by atoms with E-state index >= 15 is 0 Å². The molecule has 40 heavy (non-hydrogen) atoms. The highest BCUT2D eigenvalue weighted by molar-refractivity contribution is 6.30. The molecule has 1 aliphatic heterocycles. The summed E-state index contributed by atoms with van der Waals surface area (Å²) < 4.78 is 12.2. The van der Waals surface area contributed by atoms with E-state index in [1.165, 1.54) is 18.7 Å². The van der Waals surface area contributed by atoms with Crippen LogP contribution in [0.25, 0.3) is 16.9 Å². The first-order valence-corrected chi connectivity index (χ1v) is 13.0. The number of hydrogen-bond donors (Lipinski definition) is 0. The van der Waals surface area contributed by atoms with E-state index in [9.17, 15) is 24.0 Å². The lowest BCUT2D eigenvalue weighted by atomic mass is 9.88. The van der Waals surface area contributed by atoms with Gasteiger partial charge < -0.3 is 14.0 Å². The fourth-order valence-corrected chi connectivity index (χ4v) is 4.80. The molecule has 4 rings (SSSR count). The summed E-state index contributed by atoms with van der Waals surface area (Å²) >= 11 is 6.15. The standard InChI is InChI=1S/C29H28ClN3O7/c1-6-39-27(36)21-20(22-25(34)31(4)29(38)32(5)26(22)35)23(17-10-8-16(3)9-11-17)33(24(21)28(37)40-7-2)19-14-12-18(30)13-15-19/h8-15,22H,6-7H2,1-5H3. The van der Waals surface area contributed by atoms with Crippen LogP contribution in [0.15, 0.2) is 48.5 Å². The van der Waals surface area contributed by atoms with Crippen LogP contribution in [0.1, 0.15) is 51.7 Å². The number of amides is 4. The first-order valence-electron chi connectivity index (χ1n) is 12.6. The van der Waals surface area contributed by atoms with Crippen LogP contribution in [-0.4, -0.2) is 71.5 Å². The zero-order valence-corrected chi connectivity index (χ0v) is 23.4. The van der Waals surface area contributed by atoms with E-state index in [0.29, 0.717) is 16.3 Å². The Balaban J connectivity index is 2.24. The van der Waals surface area contributed by atoms with Gasteiger partial charge in [0.1, 0.15) is 11.6 Å². The minimum atomic E-state index is -1.63. The van der Waals surface area contributed by atoms with Crippen molar-refractivity contribution in [1.82, 2.24) is 14.4 Å². The fourth-order valence-electron chi connectivity index (χ4n) is 4.67. The van der Waals surface area contributed by atoms with Gasteiger partial charge in [0.05, 0.1) is 24.5 Å². The molecule has 0 aliphatic carbocycles. The van der Waals surface area contributed by atoms with Gasteiger partial charge >= 0.3 is 18.0 Å². The second-order valence-corrected chi connectivity index (χ2v) is 9.55. The summed E-state index contributed by atoms with van der Waals surface area (Å²) in [6.45, 7) is 5.04. The lowest BCUT2D eigenvalue weighted by Crippen LogP contribution is -2.56. The molecular formula is C29H28ClN3O7. The third-order valence-electron chi connectivity index (χ3n) is 6.58. The third-order valence-corrected chi connectivity index (χ3v) is 6.84. The molecule has 0 unspecified atom stereocenters. The van der Waals surface area contributed by atoms with Crippen molar-refractivity contribution in [2.75, 3.05) is 27.3 Å². The number of carbonyl (C=O) groups is 5. The normalized spacial score (nSPS) is 14.1. The molecule has 0 radical (unpaired) electrons. The number of urea groups is 1. The summed E-state index contributed by atoms with van der Waals surface area (Å²) in [6, 6.07) is 12.8. The van der Waals surface area contributed by atoms with Gasteiger partial charge in [-0.2, -0.15) is 0 Å². The molecule has 0 saturated carbocycles. The summed E-state index contributed by atoms with van der Waals surface area (Å²) in [5.74, 6) is -5.13. The highest BCUT2D eigenvalue weighted by Gasteiger charge is 2.49. The van der Waals surface area contributed by atoms with E-state index in [-0.39, 0.29) is 35.7 Å². The van der Waals surface area contributed by atoms with Gasteiger partial charge in [0, 0.05) is 30.4 Å². The zero-order chi connectivity index (χ0) is 29.3. The maximum atomic E-state index is 13.6. The van der Waals surface area contributed by atoms with Crippen molar-refractivity contribution >= 4 is 41.4 Å². The number of nitrogens with zero attached hydrogens (tertiary/aromatic N) is 3. The van der Waals surface area contributed by atoms with Crippen molar-refractivity contribution < 1.29 is 33.4 Å². The maximum absolute atomic E-state index is 13.6. The molecule has 1 saturated heterocycles. The Morgan fingerprint density at radius 1 is 0.825 bits per heavy atom. The van der Waals surface area contributed by atoms with E-state index in [4.69, 9.17) is 21.1 Å². The van der Waals surface area contributed by atoms with Gasteiger partial charge in [-0.15, -0.1) is 0 Å². The molecule has 0 atom stereocenters. The molecule has 2 heterocycles. The highest BCUT2D eigenvalue weighted by Crippen LogP contribution is 2.42. The lowest BCUT2D eigenvalue weighted by molar-refractivity contribution is -0.143. The summed E-state index contributed by atoms with van der Waals surface area (Å²) in [5, 5.41) is 0.427. The summed E-state index contributed by atoms with van der Waals surface area (Å²) in [7, 11) is 2.50. The van der Waals surface area contributed by atoms with Crippen LogP contribution < -0.4 is 0 Å². The van der Waals surface area contributed by atoms with E-state index < -0.39 is 35.7 Å². The average molecular weight is 566 g/mol. The van der Waals surface area contributed by atoms with Gasteiger partial charge in [0.15, 0.2) is 0 Å². The monoisotopic (exact) mass is 565 g/mol. The number of rotatable bonds is 7. The maximum Gasteiger partial charge on any atom is 0.356 e.